The molecule has 1 atom stereocenters. The fourth-order valence-corrected chi connectivity index (χ4v) is 4.47. The number of thioether (sulfide) groups is 1. The molecule has 1 aromatic carbocycles. The van der Waals surface area contributed by atoms with Gasteiger partial charge in [0.15, 0.2) is 5.17 Å². The third kappa shape index (κ3) is 3.28. The highest BCUT2D eigenvalue weighted by Gasteiger charge is 2.43. The fourth-order valence-electron chi connectivity index (χ4n) is 3.25. The molecule has 148 valence electrons. The normalized spacial score (nSPS) is 18.7. The molecular weight excluding hydrogens is 378 g/mol. The molecule has 0 aromatic heterocycles. The Labute approximate surface area is 168 Å². The summed E-state index contributed by atoms with van der Waals surface area (Å²) in [5, 5.41) is 0.675. The van der Waals surface area contributed by atoms with Crippen LogP contribution in [0.1, 0.15) is 25.5 Å². The molecule has 2 aliphatic heterocycles. The van der Waals surface area contributed by atoms with Crippen LogP contribution in [0.3, 0.4) is 0 Å². The highest BCUT2D eigenvalue weighted by Crippen LogP contribution is 2.47. The molecule has 0 bridgehead atoms. The van der Waals surface area contributed by atoms with E-state index in [0.29, 0.717) is 21.3 Å². The largest absolute Gasteiger partial charge is 0.497 e. The van der Waals surface area contributed by atoms with Crippen molar-refractivity contribution in [2.45, 2.75) is 19.9 Å². The summed E-state index contributed by atoms with van der Waals surface area (Å²) >= 11 is 1.32. The summed E-state index contributed by atoms with van der Waals surface area (Å²) in [5.74, 6) is 0.192. The number of benzene rings is 1. The first kappa shape index (κ1) is 20.0. The third-order valence-electron chi connectivity index (χ3n) is 4.71. The molecule has 28 heavy (non-hydrogen) atoms. The monoisotopic (exact) mass is 401 g/mol. The van der Waals surface area contributed by atoms with Gasteiger partial charge in [-0.15, -0.1) is 0 Å². The summed E-state index contributed by atoms with van der Waals surface area (Å²) in [7, 11) is 6.39. The Balaban J connectivity index is 2.16. The van der Waals surface area contributed by atoms with Crippen molar-refractivity contribution < 1.29 is 19.1 Å². The number of ether oxygens (including phenoxy) is 2. The summed E-state index contributed by atoms with van der Waals surface area (Å²) < 4.78 is 10.3. The second-order valence-electron chi connectivity index (χ2n) is 6.65. The van der Waals surface area contributed by atoms with Gasteiger partial charge in [0.05, 0.1) is 36.4 Å². The Bertz CT molecular complexity index is 916. The van der Waals surface area contributed by atoms with Gasteiger partial charge in [-0.05, 0) is 43.3 Å². The van der Waals surface area contributed by atoms with Crippen LogP contribution in [0.5, 0.6) is 5.75 Å². The Morgan fingerprint density at radius 2 is 1.79 bits per heavy atom. The Hall–Kier alpha value is -2.74. The first-order valence-electron chi connectivity index (χ1n) is 8.71. The van der Waals surface area contributed by atoms with Gasteiger partial charge in [-0.2, -0.15) is 0 Å². The lowest BCUT2D eigenvalue weighted by Gasteiger charge is -2.35. The van der Waals surface area contributed by atoms with E-state index in [1.54, 1.807) is 28.1 Å². The first-order valence-corrected chi connectivity index (χ1v) is 9.53. The number of carbonyl (C=O) groups is 2. The topological polar surface area (TPSA) is 71.4 Å². The number of amides is 1. The summed E-state index contributed by atoms with van der Waals surface area (Å²) in [6.07, 6.45) is 0. The number of hydrogen-bond acceptors (Lipinski definition) is 7. The molecule has 0 aliphatic carbocycles. The highest BCUT2D eigenvalue weighted by atomic mass is 32.2. The molecule has 0 fully saturated rings. The minimum absolute atomic E-state index is 0.0923. The number of allylic oxidation sites excluding steroid dienone is 2. The molecule has 0 saturated heterocycles. The number of esters is 1. The maximum absolute atomic E-state index is 12.6. The van der Waals surface area contributed by atoms with E-state index in [0.717, 1.165) is 17.0 Å². The maximum Gasteiger partial charge on any atom is 0.338 e. The van der Waals surface area contributed by atoms with Crippen LogP contribution in [0, 0.1) is 0 Å². The van der Waals surface area contributed by atoms with Crippen LogP contribution in [-0.2, 0) is 14.3 Å². The minimum atomic E-state index is -0.439. The molecule has 3 rings (SSSR count). The van der Waals surface area contributed by atoms with E-state index in [9.17, 15) is 9.59 Å². The molecule has 2 heterocycles. The van der Waals surface area contributed by atoms with Crippen LogP contribution in [-0.4, -0.2) is 55.2 Å². The van der Waals surface area contributed by atoms with Crippen molar-refractivity contribution in [1.82, 2.24) is 9.80 Å². The number of fused-ring (bicyclic) bond motifs is 1. The number of methoxy groups -OCH3 is 2. The molecule has 8 heteroatoms. The number of likely N-dealkylation sites (N-methyl/N-ethyl adjacent to an activating group) is 1. The summed E-state index contributed by atoms with van der Waals surface area (Å²) in [6, 6.07) is 7.07. The average Bonchev–Trinajstić information content (AvgIpc) is 3.01. The van der Waals surface area contributed by atoms with Gasteiger partial charge in [-0.3, -0.25) is 4.79 Å². The molecule has 0 saturated carbocycles. The summed E-state index contributed by atoms with van der Waals surface area (Å²) in [5.41, 5.74) is 2.68. The second kappa shape index (κ2) is 7.71. The van der Waals surface area contributed by atoms with Crippen LogP contribution in [0.2, 0.25) is 0 Å². The van der Waals surface area contributed by atoms with Gasteiger partial charge < -0.3 is 19.3 Å². The molecule has 0 N–H and O–H groups in total. The van der Waals surface area contributed by atoms with Crippen molar-refractivity contribution in [3.05, 3.63) is 51.7 Å². The van der Waals surface area contributed by atoms with Crippen molar-refractivity contribution in [3.63, 3.8) is 0 Å². The van der Waals surface area contributed by atoms with Gasteiger partial charge in [0.2, 0.25) is 0 Å². The molecular formula is C20H23N3O4S. The van der Waals surface area contributed by atoms with E-state index in [1.165, 1.54) is 23.8 Å². The molecule has 2 aliphatic rings. The summed E-state index contributed by atoms with van der Waals surface area (Å²) in [6.45, 7) is 3.66. The standard InChI is InChI=1S/C20H23N3O4S/c1-11-15(19(25)27-6)16(13-7-9-14(26-5)10-8-13)23-12(2)17(18(24)22(3)4)28-20(23)21-11/h7-10,16H,1-6H3/t16-/m0/s1. The molecule has 1 aromatic rings. The predicted molar refractivity (Wildman–Crippen MR) is 109 cm³/mol. The lowest BCUT2D eigenvalue weighted by atomic mass is 9.94. The van der Waals surface area contributed by atoms with Crippen LogP contribution < -0.4 is 4.74 Å². The molecule has 0 spiro atoms. The van der Waals surface area contributed by atoms with Gasteiger partial charge in [-0.25, -0.2) is 9.79 Å². The number of rotatable bonds is 4. The van der Waals surface area contributed by atoms with Crippen molar-refractivity contribution >= 4 is 28.8 Å². The van der Waals surface area contributed by atoms with E-state index < -0.39 is 12.0 Å². The fraction of sp³-hybridized carbons (Fsp3) is 0.350. The lowest BCUT2D eigenvalue weighted by Crippen LogP contribution is -2.36. The highest BCUT2D eigenvalue weighted by molar-refractivity contribution is 8.18. The quantitative estimate of drug-likeness (QED) is 0.723. The Morgan fingerprint density at radius 3 is 2.32 bits per heavy atom. The minimum Gasteiger partial charge on any atom is -0.497 e. The Kier molecular flexibility index (Phi) is 5.51. The van der Waals surface area contributed by atoms with Gasteiger partial charge >= 0.3 is 5.97 Å². The van der Waals surface area contributed by atoms with Crippen molar-refractivity contribution in [2.24, 2.45) is 4.99 Å². The number of nitrogens with zero attached hydrogens (tertiary/aromatic N) is 3. The predicted octanol–water partition coefficient (Wildman–Crippen LogP) is 2.92. The SMILES string of the molecule is COC(=O)C1=C(C)N=C2SC(C(=O)N(C)C)=C(C)N2[C@H]1c1ccc(OC)cc1. The average molecular weight is 401 g/mol. The smallest absolute Gasteiger partial charge is 0.338 e. The van der Waals surface area contributed by atoms with Crippen LogP contribution >= 0.6 is 11.8 Å². The number of amidine groups is 1. The lowest BCUT2D eigenvalue weighted by molar-refractivity contribution is -0.136. The zero-order chi connectivity index (χ0) is 20.6. The molecule has 0 radical (unpaired) electrons. The van der Waals surface area contributed by atoms with Gasteiger partial charge in [-0.1, -0.05) is 12.1 Å². The van der Waals surface area contributed by atoms with Gasteiger partial charge in [0, 0.05) is 19.8 Å². The van der Waals surface area contributed by atoms with E-state index >= 15 is 0 Å². The molecule has 1 amide bonds. The van der Waals surface area contributed by atoms with Crippen LogP contribution in [0.15, 0.2) is 51.1 Å². The van der Waals surface area contributed by atoms with Gasteiger partial charge in [0.25, 0.3) is 5.91 Å². The second-order valence-corrected chi connectivity index (χ2v) is 7.62. The van der Waals surface area contributed by atoms with E-state index in [-0.39, 0.29) is 5.91 Å². The zero-order valence-electron chi connectivity index (χ0n) is 16.8. The van der Waals surface area contributed by atoms with Crippen LogP contribution in [0.25, 0.3) is 0 Å². The van der Waals surface area contributed by atoms with Crippen molar-refractivity contribution in [2.75, 3.05) is 28.3 Å². The van der Waals surface area contributed by atoms with Gasteiger partial charge in [0.1, 0.15) is 5.75 Å². The third-order valence-corrected chi connectivity index (χ3v) is 5.86. The molecule has 0 unspecified atom stereocenters. The number of carbonyl (C=O) groups excluding carboxylic acids is 2. The van der Waals surface area contributed by atoms with Crippen molar-refractivity contribution in [1.29, 1.82) is 0 Å². The molecule has 7 nitrogen and oxygen atoms in total. The Morgan fingerprint density at radius 1 is 1.14 bits per heavy atom. The van der Waals surface area contributed by atoms with E-state index in [2.05, 4.69) is 4.99 Å². The van der Waals surface area contributed by atoms with Crippen LogP contribution in [0.4, 0.5) is 0 Å². The number of aliphatic imine (C=N–C) groups is 1. The summed E-state index contributed by atoms with van der Waals surface area (Å²) in [4.78, 5) is 33.9. The maximum atomic E-state index is 12.6. The van der Waals surface area contributed by atoms with E-state index in [1.807, 2.05) is 36.1 Å². The first-order chi connectivity index (χ1) is 13.3. The van der Waals surface area contributed by atoms with Crippen molar-refractivity contribution in [3.8, 4) is 5.75 Å². The number of hydrogen-bond donors (Lipinski definition) is 0. The zero-order valence-corrected chi connectivity index (χ0v) is 17.6. The van der Waals surface area contributed by atoms with E-state index in [4.69, 9.17) is 9.47 Å².